The minimum absolute atomic E-state index is 0.305. The van der Waals surface area contributed by atoms with Gasteiger partial charge in [-0.15, -0.1) is 0 Å². The Morgan fingerprint density at radius 3 is 2.57 bits per heavy atom. The SMILES string of the molecule is NCC1CCCC1COCC(O)COCc1ccccc1. The molecule has 3 N–H and O–H groups in total. The third-order valence-corrected chi connectivity index (χ3v) is 4.18. The number of hydrogen-bond donors (Lipinski definition) is 2. The van der Waals surface area contributed by atoms with E-state index in [1.807, 2.05) is 30.3 Å². The van der Waals surface area contributed by atoms with Crippen LogP contribution in [-0.2, 0) is 16.1 Å². The average molecular weight is 293 g/mol. The van der Waals surface area contributed by atoms with E-state index in [2.05, 4.69) is 0 Å². The quantitative estimate of drug-likeness (QED) is 0.730. The molecular weight excluding hydrogens is 266 g/mol. The molecule has 0 spiro atoms. The van der Waals surface area contributed by atoms with Crippen LogP contribution in [0, 0.1) is 11.8 Å². The number of ether oxygens (including phenoxy) is 2. The zero-order valence-electron chi connectivity index (χ0n) is 12.6. The van der Waals surface area contributed by atoms with Gasteiger partial charge in [-0.1, -0.05) is 36.8 Å². The monoisotopic (exact) mass is 293 g/mol. The lowest BCUT2D eigenvalue weighted by molar-refractivity contribution is -0.0323. The van der Waals surface area contributed by atoms with Crippen molar-refractivity contribution in [1.82, 2.24) is 0 Å². The van der Waals surface area contributed by atoms with E-state index in [-0.39, 0.29) is 0 Å². The molecule has 1 aromatic carbocycles. The van der Waals surface area contributed by atoms with Crippen molar-refractivity contribution in [2.24, 2.45) is 17.6 Å². The van der Waals surface area contributed by atoms with Crippen LogP contribution >= 0.6 is 0 Å². The maximum atomic E-state index is 9.85. The van der Waals surface area contributed by atoms with E-state index in [1.165, 1.54) is 19.3 Å². The summed E-state index contributed by atoms with van der Waals surface area (Å²) in [7, 11) is 0. The van der Waals surface area contributed by atoms with Gasteiger partial charge in [0.1, 0.15) is 6.10 Å². The van der Waals surface area contributed by atoms with Crippen LogP contribution in [0.3, 0.4) is 0 Å². The Balaban J connectivity index is 1.54. The molecule has 1 saturated carbocycles. The molecule has 0 amide bonds. The van der Waals surface area contributed by atoms with Crippen LogP contribution in [0.25, 0.3) is 0 Å². The highest BCUT2D eigenvalue weighted by molar-refractivity contribution is 5.13. The minimum atomic E-state index is -0.563. The van der Waals surface area contributed by atoms with Gasteiger partial charge in [0.15, 0.2) is 0 Å². The Morgan fingerprint density at radius 1 is 1.10 bits per heavy atom. The first-order valence-electron chi connectivity index (χ1n) is 7.87. The van der Waals surface area contributed by atoms with Gasteiger partial charge in [-0.2, -0.15) is 0 Å². The molecule has 0 radical (unpaired) electrons. The summed E-state index contributed by atoms with van der Waals surface area (Å²) in [6.45, 7) is 2.62. The van der Waals surface area contributed by atoms with Crippen molar-refractivity contribution in [2.45, 2.75) is 32.0 Å². The van der Waals surface area contributed by atoms with Crippen molar-refractivity contribution < 1.29 is 14.6 Å². The van der Waals surface area contributed by atoms with Crippen LogP contribution in [0.4, 0.5) is 0 Å². The molecule has 1 aliphatic rings. The zero-order chi connectivity index (χ0) is 14.9. The standard InChI is InChI=1S/C17H27NO3/c18-9-15-7-4-8-16(15)11-21-13-17(19)12-20-10-14-5-2-1-3-6-14/h1-3,5-6,15-17,19H,4,7-13,18H2. The van der Waals surface area contributed by atoms with Gasteiger partial charge in [0.2, 0.25) is 0 Å². The van der Waals surface area contributed by atoms with Gasteiger partial charge in [-0.05, 0) is 36.8 Å². The number of hydrogen-bond acceptors (Lipinski definition) is 4. The maximum Gasteiger partial charge on any atom is 0.101 e. The summed E-state index contributed by atoms with van der Waals surface area (Å²) in [6.07, 6.45) is 3.10. The molecule has 0 aromatic heterocycles. The number of rotatable bonds is 9. The molecule has 21 heavy (non-hydrogen) atoms. The van der Waals surface area contributed by atoms with Crippen molar-refractivity contribution >= 4 is 0 Å². The van der Waals surface area contributed by atoms with Crippen LogP contribution in [-0.4, -0.2) is 37.6 Å². The van der Waals surface area contributed by atoms with Gasteiger partial charge in [0, 0.05) is 6.61 Å². The molecule has 2 rings (SSSR count). The normalized spacial score (nSPS) is 23.3. The molecule has 0 bridgehead atoms. The molecule has 4 nitrogen and oxygen atoms in total. The van der Waals surface area contributed by atoms with E-state index in [1.54, 1.807) is 0 Å². The number of benzene rings is 1. The van der Waals surface area contributed by atoms with Crippen molar-refractivity contribution in [3.05, 3.63) is 35.9 Å². The Bertz CT molecular complexity index is 385. The molecule has 0 saturated heterocycles. The number of aliphatic hydroxyl groups is 1. The Labute approximate surface area is 127 Å². The lowest BCUT2D eigenvalue weighted by Gasteiger charge is -2.19. The minimum Gasteiger partial charge on any atom is -0.388 e. The predicted molar refractivity (Wildman–Crippen MR) is 82.8 cm³/mol. The zero-order valence-corrected chi connectivity index (χ0v) is 12.6. The largest absolute Gasteiger partial charge is 0.388 e. The Kier molecular flexibility index (Phi) is 7.16. The van der Waals surface area contributed by atoms with Crippen molar-refractivity contribution in [2.75, 3.05) is 26.4 Å². The molecule has 1 aromatic rings. The summed E-state index contributed by atoms with van der Waals surface area (Å²) >= 11 is 0. The van der Waals surface area contributed by atoms with Crippen molar-refractivity contribution in [3.63, 3.8) is 0 Å². The van der Waals surface area contributed by atoms with E-state index in [0.717, 1.165) is 12.1 Å². The van der Waals surface area contributed by atoms with Crippen LogP contribution in [0.5, 0.6) is 0 Å². The van der Waals surface area contributed by atoms with Crippen molar-refractivity contribution in [1.29, 1.82) is 0 Å². The van der Waals surface area contributed by atoms with E-state index in [9.17, 15) is 5.11 Å². The van der Waals surface area contributed by atoms with Crippen LogP contribution in [0.15, 0.2) is 30.3 Å². The molecule has 4 heteroatoms. The van der Waals surface area contributed by atoms with E-state index in [0.29, 0.717) is 38.3 Å². The first kappa shape index (κ1) is 16.4. The smallest absolute Gasteiger partial charge is 0.101 e. The number of nitrogens with two attached hydrogens (primary N) is 1. The maximum absolute atomic E-state index is 9.85. The van der Waals surface area contributed by atoms with Gasteiger partial charge in [0.05, 0.1) is 19.8 Å². The fourth-order valence-electron chi connectivity index (χ4n) is 2.93. The van der Waals surface area contributed by atoms with Crippen LogP contribution in [0.2, 0.25) is 0 Å². The topological polar surface area (TPSA) is 64.7 Å². The second-order valence-corrected chi connectivity index (χ2v) is 5.88. The fourth-order valence-corrected chi connectivity index (χ4v) is 2.93. The highest BCUT2D eigenvalue weighted by Crippen LogP contribution is 2.30. The summed E-state index contributed by atoms with van der Waals surface area (Å²) in [5.74, 6) is 1.16. The van der Waals surface area contributed by atoms with Gasteiger partial charge in [-0.3, -0.25) is 0 Å². The third-order valence-electron chi connectivity index (χ3n) is 4.18. The Hall–Kier alpha value is -0.940. The van der Waals surface area contributed by atoms with E-state index >= 15 is 0 Å². The lowest BCUT2D eigenvalue weighted by atomic mass is 9.97. The second kappa shape index (κ2) is 9.15. The molecule has 0 aliphatic heterocycles. The summed E-state index contributed by atoms with van der Waals surface area (Å²) in [4.78, 5) is 0. The van der Waals surface area contributed by atoms with E-state index in [4.69, 9.17) is 15.2 Å². The molecule has 0 heterocycles. The molecular formula is C17H27NO3. The average Bonchev–Trinajstić information content (AvgIpc) is 2.96. The van der Waals surface area contributed by atoms with E-state index < -0.39 is 6.10 Å². The molecule has 3 unspecified atom stereocenters. The predicted octanol–water partition coefficient (Wildman–Crippen LogP) is 1.96. The Morgan fingerprint density at radius 2 is 1.81 bits per heavy atom. The van der Waals surface area contributed by atoms with Gasteiger partial charge in [0.25, 0.3) is 0 Å². The van der Waals surface area contributed by atoms with Gasteiger partial charge in [-0.25, -0.2) is 0 Å². The first-order chi connectivity index (χ1) is 10.3. The summed E-state index contributed by atoms with van der Waals surface area (Å²) in [5, 5.41) is 9.85. The second-order valence-electron chi connectivity index (χ2n) is 5.88. The highest BCUT2D eigenvalue weighted by Gasteiger charge is 2.26. The molecule has 1 fully saturated rings. The lowest BCUT2D eigenvalue weighted by Crippen LogP contribution is -2.26. The fraction of sp³-hybridized carbons (Fsp3) is 0.647. The third kappa shape index (κ3) is 5.75. The number of aliphatic hydroxyl groups excluding tert-OH is 1. The molecule has 3 atom stereocenters. The summed E-state index contributed by atoms with van der Waals surface area (Å²) < 4.78 is 11.1. The molecule has 118 valence electrons. The first-order valence-corrected chi connectivity index (χ1v) is 7.87. The van der Waals surface area contributed by atoms with Crippen molar-refractivity contribution in [3.8, 4) is 0 Å². The van der Waals surface area contributed by atoms with Gasteiger partial charge < -0.3 is 20.3 Å². The summed E-state index contributed by atoms with van der Waals surface area (Å²) in [5.41, 5.74) is 6.87. The van der Waals surface area contributed by atoms with Crippen LogP contribution < -0.4 is 5.73 Å². The highest BCUT2D eigenvalue weighted by atomic mass is 16.5. The summed E-state index contributed by atoms with van der Waals surface area (Å²) in [6, 6.07) is 9.96. The molecule has 1 aliphatic carbocycles. The van der Waals surface area contributed by atoms with Gasteiger partial charge >= 0.3 is 0 Å². The van der Waals surface area contributed by atoms with Crippen LogP contribution in [0.1, 0.15) is 24.8 Å².